The van der Waals surface area contributed by atoms with E-state index in [0.717, 1.165) is 4.68 Å². The number of nitrogens with one attached hydrogen (secondary N) is 2. The third-order valence-electron chi connectivity index (χ3n) is 3.93. The summed E-state index contributed by atoms with van der Waals surface area (Å²) in [5.41, 5.74) is -0.685. The average Bonchev–Trinajstić information content (AvgIpc) is 3.13. The first kappa shape index (κ1) is 16.3. The highest BCUT2D eigenvalue weighted by molar-refractivity contribution is 6.21. The monoisotopic (exact) mass is 366 g/mol. The van der Waals surface area contributed by atoms with Crippen LogP contribution < -0.4 is 11.4 Å². The summed E-state index contributed by atoms with van der Waals surface area (Å²) in [6, 6.07) is 11.6. The summed E-state index contributed by atoms with van der Waals surface area (Å²) < 4.78 is 0.960. The number of aromatic nitrogens is 3. The van der Waals surface area contributed by atoms with Gasteiger partial charge in [0.25, 0.3) is 11.8 Å². The Hall–Kier alpha value is -4.21. The van der Waals surface area contributed by atoms with Crippen LogP contribution >= 0.6 is 0 Å². The van der Waals surface area contributed by atoms with Crippen molar-refractivity contribution in [2.45, 2.75) is 0 Å². The second-order valence-electron chi connectivity index (χ2n) is 5.58. The van der Waals surface area contributed by atoms with Gasteiger partial charge in [-0.05, 0) is 36.4 Å². The first-order chi connectivity index (χ1) is 13.0. The van der Waals surface area contributed by atoms with Gasteiger partial charge in [-0.2, -0.15) is 0 Å². The summed E-state index contributed by atoms with van der Waals surface area (Å²) in [6.07, 6.45) is 0. The molecule has 0 radical (unpaired) electrons. The highest BCUT2D eigenvalue weighted by Gasteiger charge is 2.38. The summed E-state index contributed by atoms with van der Waals surface area (Å²) in [5, 5.41) is 2.68. The molecule has 2 aromatic carbocycles. The van der Waals surface area contributed by atoms with Gasteiger partial charge in [0.15, 0.2) is 0 Å². The summed E-state index contributed by atoms with van der Waals surface area (Å²) in [4.78, 5) is 66.4. The Kier molecular flexibility index (Phi) is 3.58. The van der Waals surface area contributed by atoms with Gasteiger partial charge in [0, 0.05) is 0 Å². The molecule has 10 heteroatoms. The van der Waals surface area contributed by atoms with Gasteiger partial charge in [0.2, 0.25) is 0 Å². The Balaban J connectivity index is 1.55. The molecule has 2 heterocycles. The van der Waals surface area contributed by atoms with E-state index in [2.05, 4.69) is 5.10 Å². The molecule has 0 saturated heterocycles. The van der Waals surface area contributed by atoms with E-state index in [4.69, 9.17) is 4.84 Å². The van der Waals surface area contributed by atoms with Gasteiger partial charge in [0.05, 0.1) is 22.4 Å². The smallest absolute Gasteiger partial charge is 0.324 e. The lowest BCUT2D eigenvalue weighted by molar-refractivity contribution is -0.0584. The van der Waals surface area contributed by atoms with E-state index >= 15 is 0 Å². The fourth-order valence-electron chi connectivity index (χ4n) is 2.65. The van der Waals surface area contributed by atoms with Crippen molar-refractivity contribution >= 4 is 17.8 Å². The lowest BCUT2D eigenvalue weighted by Crippen LogP contribution is -2.32. The number of carbonyl (C=O) groups excluding carboxylic acids is 3. The van der Waals surface area contributed by atoms with Crippen LogP contribution in [0.5, 0.6) is 0 Å². The van der Waals surface area contributed by atoms with Gasteiger partial charge in [0.1, 0.15) is 0 Å². The van der Waals surface area contributed by atoms with Gasteiger partial charge in [-0.15, -0.1) is 0 Å². The molecule has 2 N–H and O–H groups in total. The lowest BCUT2D eigenvalue weighted by Gasteiger charge is -2.12. The molecule has 2 amide bonds. The van der Waals surface area contributed by atoms with Crippen molar-refractivity contribution in [3.63, 3.8) is 0 Å². The van der Waals surface area contributed by atoms with Crippen molar-refractivity contribution in [2.24, 2.45) is 0 Å². The standard InChI is InChI=1S/C17H10N4O6/c22-13-11-3-1-2-4-12(11)14(23)21(13)27-15(24)9-5-7-10(8-6-9)20-17(26)18-16(25)19-20/h1-8H,(H2,18,19,25,26). The molecule has 0 aliphatic carbocycles. The Morgan fingerprint density at radius 1 is 0.852 bits per heavy atom. The van der Waals surface area contributed by atoms with E-state index < -0.39 is 29.2 Å². The number of rotatable bonds is 3. The summed E-state index contributed by atoms with van der Waals surface area (Å²) in [5.74, 6) is -2.37. The zero-order chi connectivity index (χ0) is 19.1. The van der Waals surface area contributed by atoms with Crippen molar-refractivity contribution in [3.05, 3.63) is 86.2 Å². The number of carbonyl (C=O) groups is 3. The van der Waals surface area contributed by atoms with Crippen molar-refractivity contribution in [1.82, 2.24) is 19.8 Å². The molecule has 3 aromatic rings. The minimum absolute atomic E-state index is 0.0428. The van der Waals surface area contributed by atoms with Crippen LogP contribution in [0.15, 0.2) is 58.1 Å². The number of aromatic amines is 2. The third-order valence-corrected chi connectivity index (χ3v) is 3.93. The molecule has 0 fully saturated rings. The minimum atomic E-state index is -0.925. The fourth-order valence-corrected chi connectivity index (χ4v) is 2.65. The van der Waals surface area contributed by atoms with E-state index in [1.165, 1.54) is 36.4 Å². The number of fused-ring (bicyclic) bond motifs is 1. The average molecular weight is 366 g/mol. The molecule has 27 heavy (non-hydrogen) atoms. The predicted molar refractivity (Wildman–Crippen MR) is 89.4 cm³/mol. The minimum Gasteiger partial charge on any atom is -0.324 e. The van der Waals surface area contributed by atoms with Crippen LogP contribution in [-0.4, -0.2) is 37.6 Å². The zero-order valence-corrected chi connectivity index (χ0v) is 13.5. The number of hydrogen-bond donors (Lipinski definition) is 2. The van der Waals surface area contributed by atoms with Crippen LogP contribution in [0, 0.1) is 0 Å². The number of hydrogen-bond acceptors (Lipinski definition) is 6. The molecule has 0 saturated carbocycles. The van der Waals surface area contributed by atoms with Gasteiger partial charge in [-0.25, -0.2) is 24.2 Å². The summed E-state index contributed by atoms with van der Waals surface area (Å²) in [6.45, 7) is 0. The van der Waals surface area contributed by atoms with E-state index in [1.807, 2.05) is 4.98 Å². The predicted octanol–water partition coefficient (Wildman–Crippen LogP) is 0.222. The van der Waals surface area contributed by atoms with Crippen molar-refractivity contribution in [3.8, 4) is 5.69 Å². The molecule has 0 spiro atoms. The van der Waals surface area contributed by atoms with E-state index in [9.17, 15) is 24.0 Å². The number of amides is 2. The Morgan fingerprint density at radius 2 is 1.44 bits per heavy atom. The Bertz CT molecular complexity index is 1170. The molecule has 0 bridgehead atoms. The molecule has 1 aromatic heterocycles. The highest BCUT2D eigenvalue weighted by Crippen LogP contribution is 2.23. The van der Waals surface area contributed by atoms with Crippen molar-refractivity contribution < 1.29 is 19.2 Å². The second kappa shape index (κ2) is 5.95. The molecule has 134 valence electrons. The molecular weight excluding hydrogens is 356 g/mol. The van der Waals surface area contributed by atoms with Crippen LogP contribution in [0.2, 0.25) is 0 Å². The van der Waals surface area contributed by atoms with Crippen LogP contribution in [0.1, 0.15) is 31.1 Å². The first-order valence-electron chi connectivity index (χ1n) is 7.67. The third kappa shape index (κ3) is 2.65. The van der Waals surface area contributed by atoms with Crippen molar-refractivity contribution in [1.29, 1.82) is 0 Å². The maximum Gasteiger partial charge on any atom is 0.363 e. The quantitative estimate of drug-likeness (QED) is 0.637. The van der Waals surface area contributed by atoms with E-state index in [1.54, 1.807) is 12.1 Å². The lowest BCUT2D eigenvalue weighted by atomic mass is 10.1. The Morgan fingerprint density at radius 3 is 1.96 bits per heavy atom. The van der Waals surface area contributed by atoms with Crippen LogP contribution in [-0.2, 0) is 4.84 Å². The highest BCUT2D eigenvalue weighted by atomic mass is 16.7. The normalized spacial score (nSPS) is 13.0. The number of nitrogens with zero attached hydrogens (tertiary/aromatic N) is 2. The maximum absolute atomic E-state index is 12.3. The molecular formula is C17H10N4O6. The molecule has 0 unspecified atom stereocenters. The van der Waals surface area contributed by atoms with Gasteiger partial charge in [-0.3, -0.25) is 14.6 Å². The second-order valence-corrected chi connectivity index (χ2v) is 5.58. The SMILES string of the molecule is O=C(ON1C(=O)c2ccccc2C1=O)c1ccc(-n2[nH]c(=O)[nH]c2=O)cc1. The molecule has 10 nitrogen and oxygen atoms in total. The van der Waals surface area contributed by atoms with E-state index in [0.29, 0.717) is 10.8 Å². The van der Waals surface area contributed by atoms with Crippen LogP contribution in [0.4, 0.5) is 0 Å². The summed E-state index contributed by atoms with van der Waals surface area (Å²) >= 11 is 0. The van der Waals surface area contributed by atoms with Crippen molar-refractivity contribution in [2.75, 3.05) is 0 Å². The number of imide groups is 1. The van der Waals surface area contributed by atoms with Gasteiger partial charge in [-0.1, -0.05) is 17.2 Å². The van der Waals surface area contributed by atoms with E-state index in [-0.39, 0.29) is 16.7 Å². The number of H-pyrrole nitrogens is 2. The Labute approximate surface area is 149 Å². The summed E-state index contributed by atoms with van der Waals surface area (Å²) in [7, 11) is 0. The van der Waals surface area contributed by atoms with Crippen LogP contribution in [0.25, 0.3) is 5.69 Å². The zero-order valence-electron chi connectivity index (χ0n) is 13.5. The first-order valence-corrected chi connectivity index (χ1v) is 7.67. The molecule has 1 aliphatic rings. The molecule has 0 atom stereocenters. The molecule has 1 aliphatic heterocycles. The van der Waals surface area contributed by atoms with Crippen LogP contribution in [0.3, 0.4) is 0 Å². The number of hydroxylamine groups is 2. The topological polar surface area (TPSA) is 134 Å². The largest absolute Gasteiger partial charge is 0.363 e. The van der Waals surface area contributed by atoms with Gasteiger partial charge < -0.3 is 4.84 Å². The maximum atomic E-state index is 12.3. The number of benzene rings is 2. The fraction of sp³-hybridized carbons (Fsp3) is 0. The molecule has 4 rings (SSSR count). The van der Waals surface area contributed by atoms with Gasteiger partial charge >= 0.3 is 17.3 Å².